The van der Waals surface area contributed by atoms with Crippen molar-refractivity contribution in [1.29, 1.82) is 0 Å². The summed E-state index contributed by atoms with van der Waals surface area (Å²) in [5.41, 5.74) is 1.30. The maximum Gasteiger partial charge on any atom is 0.340 e. The zero-order valence-corrected chi connectivity index (χ0v) is 18.6. The minimum absolute atomic E-state index is 0.0213. The first-order valence-corrected chi connectivity index (χ1v) is 10.5. The van der Waals surface area contributed by atoms with Crippen LogP contribution in [0.4, 0.5) is 17.1 Å². The lowest BCUT2D eigenvalue weighted by Crippen LogP contribution is -2.36. The first-order chi connectivity index (χ1) is 15.7. The number of fused-ring (bicyclic) bond motifs is 1. The van der Waals surface area contributed by atoms with Crippen molar-refractivity contribution < 1.29 is 19.6 Å². The Balaban J connectivity index is 2.04. The molecule has 0 amide bonds. The molecule has 0 saturated carbocycles. The van der Waals surface area contributed by atoms with Crippen molar-refractivity contribution in [1.82, 2.24) is 0 Å². The van der Waals surface area contributed by atoms with Gasteiger partial charge in [0, 0.05) is 23.4 Å². The summed E-state index contributed by atoms with van der Waals surface area (Å²) in [7, 11) is 0. The molecule has 0 radical (unpaired) electrons. The van der Waals surface area contributed by atoms with E-state index in [1.807, 2.05) is 65.6 Å². The van der Waals surface area contributed by atoms with Crippen LogP contribution in [0.15, 0.2) is 84.4 Å². The van der Waals surface area contributed by atoms with Gasteiger partial charge in [-0.05, 0) is 44.5 Å². The topological polar surface area (TPSA) is 92.9 Å². The first kappa shape index (κ1) is 22.1. The molecule has 7 heteroatoms. The van der Waals surface area contributed by atoms with Crippen molar-refractivity contribution in [3.8, 4) is 0 Å². The van der Waals surface area contributed by atoms with Crippen LogP contribution in [-0.4, -0.2) is 21.6 Å². The highest BCUT2D eigenvalue weighted by Crippen LogP contribution is 2.49. The Hall–Kier alpha value is -4.13. The fraction of sp³-hybridized carbons (Fsp3) is 0.192. The van der Waals surface area contributed by atoms with E-state index >= 15 is 0 Å². The summed E-state index contributed by atoms with van der Waals surface area (Å²) in [5.74, 6) is -1.02. The van der Waals surface area contributed by atoms with Crippen LogP contribution in [-0.2, 0) is 9.53 Å². The fourth-order valence-corrected chi connectivity index (χ4v) is 3.95. The van der Waals surface area contributed by atoms with Gasteiger partial charge in [0.1, 0.15) is 16.9 Å². The number of hydrogen-bond donors (Lipinski definition) is 1. The Labute approximate surface area is 191 Å². The van der Waals surface area contributed by atoms with Gasteiger partial charge >= 0.3 is 5.97 Å². The number of benzene rings is 3. The molecule has 168 valence electrons. The Kier molecular flexibility index (Phi) is 5.64. The number of para-hydroxylation sites is 1. The fourth-order valence-electron chi connectivity index (χ4n) is 3.95. The lowest BCUT2D eigenvalue weighted by atomic mass is 9.88. The first-order valence-electron chi connectivity index (χ1n) is 10.5. The van der Waals surface area contributed by atoms with Gasteiger partial charge in [-0.25, -0.2) is 4.79 Å². The van der Waals surface area contributed by atoms with E-state index in [0.29, 0.717) is 5.69 Å². The maximum absolute atomic E-state index is 13.4. The summed E-state index contributed by atoms with van der Waals surface area (Å²) in [4.78, 5) is 26.2. The summed E-state index contributed by atoms with van der Waals surface area (Å²) in [6.45, 7) is 5.24. The van der Waals surface area contributed by atoms with Crippen molar-refractivity contribution in [2.45, 2.75) is 32.4 Å². The number of carbonyl (C=O) groups excluding carboxylic acids is 1. The largest absolute Gasteiger partial charge is 0.507 e. The second-order valence-electron chi connectivity index (χ2n) is 8.74. The molecule has 7 nitrogen and oxygen atoms in total. The van der Waals surface area contributed by atoms with Crippen LogP contribution in [0, 0.1) is 10.1 Å². The third-order valence-electron chi connectivity index (χ3n) is 5.26. The smallest absolute Gasteiger partial charge is 0.340 e. The van der Waals surface area contributed by atoms with Gasteiger partial charge in [-0.1, -0.05) is 48.5 Å². The van der Waals surface area contributed by atoms with Gasteiger partial charge in [0.05, 0.1) is 16.7 Å². The minimum Gasteiger partial charge on any atom is -0.507 e. The number of aliphatic hydroxyl groups excluding tert-OH is 1. The molecular weight excluding hydrogens is 420 g/mol. The molecular formula is C26H24N2O5. The van der Waals surface area contributed by atoms with Crippen molar-refractivity contribution >= 4 is 28.8 Å². The van der Waals surface area contributed by atoms with Crippen LogP contribution >= 0.6 is 0 Å². The third kappa shape index (κ3) is 4.30. The third-order valence-corrected chi connectivity index (χ3v) is 5.26. The number of hydrogen-bond acceptors (Lipinski definition) is 6. The number of esters is 1. The van der Waals surface area contributed by atoms with Crippen LogP contribution in [0.1, 0.15) is 37.9 Å². The second-order valence-corrected chi connectivity index (χ2v) is 8.74. The van der Waals surface area contributed by atoms with Crippen molar-refractivity contribution in [2.75, 3.05) is 4.90 Å². The van der Waals surface area contributed by atoms with E-state index in [-0.39, 0.29) is 22.6 Å². The molecule has 3 aromatic rings. The van der Waals surface area contributed by atoms with Gasteiger partial charge in [-0.3, -0.25) is 10.1 Å². The summed E-state index contributed by atoms with van der Waals surface area (Å²) in [6, 6.07) is 22.3. The van der Waals surface area contributed by atoms with E-state index in [2.05, 4.69) is 0 Å². The highest BCUT2D eigenvalue weighted by atomic mass is 16.6. The molecule has 1 unspecified atom stereocenters. The lowest BCUT2D eigenvalue weighted by molar-refractivity contribution is -0.384. The molecule has 0 fully saturated rings. The number of rotatable bonds is 4. The van der Waals surface area contributed by atoms with Gasteiger partial charge in [0.25, 0.3) is 5.69 Å². The maximum atomic E-state index is 13.4. The number of nitrogens with zero attached hydrogens (tertiary/aromatic N) is 2. The monoisotopic (exact) mass is 444 g/mol. The number of non-ortho nitro benzene ring substituents is 1. The van der Waals surface area contributed by atoms with Crippen molar-refractivity contribution in [3.05, 3.63) is 106 Å². The predicted octanol–water partition coefficient (Wildman–Crippen LogP) is 6.10. The molecule has 33 heavy (non-hydrogen) atoms. The highest BCUT2D eigenvalue weighted by molar-refractivity contribution is 6.03. The summed E-state index contributed by atoms with van der Waals surface area (Å²) in [6.07, 6.45) is 0. The molecule has 1 aliphatic heterocycles. The number of nitro groups is 1. The highest BCUT2D eigenvalue weighted by Gasteiger charge is 2.41. The molecule has 1 N–H and O–H groups in total. The number of anilines is 2. The van der Waals surface area contributed by atoms with E-state index in [4.69, 9.17) is 4.74 Å². The quantitative estimate of drug-likeness (QED) is 0.297. The standard InChI is InChI=1S/C26H24N2O5/c1-26(2,3)33-25(30)22-23(17-10-6-4-7-11-17)27(18-12-8-5-9-13-18)21-15-14-19(28(31)32)16-20(21)24(22)29/h4-16,23,29H,1-3H3. The number of aliphatic hydroxyl groups is 1. The average molecular weight is 444 g/mol. The number of ether oxygens (including phenoxy) is 1. The van der Waals surface area contributed by atoms with Gasteiger partial charge in [-0.2, -0.15) is 0 Å². The molecule has 0 saturated heterocycles. The zero-order valence-electron chi connectivity index (χ0n) is 18.6. The number of carbonyl (C=O) groups is 1. The van der Waals surface area contributed by atoms with E-state index in [1.54, 1.807) is 26.8 Å². The molecule has 0 spiro atoms. The Morgan fingerprint density at radius 3 is 2.18 bits per heavy atom. The summed E-state index contributed by atoms with van der Waals surface area (Å²) in [5, 5.41) is 22.8. The Morgan fingerprint density at radius 2 is 1.61 bits per heavy atom. The van der Waals surface area contributed by atoms with E-state index in [0.717, 1.165) is 11.3 Å². The minimum atomic E-state index is -0.799. The number of nitro benzene ring substituents is 1. The lowest BCUT2D eigenvalue weighted by Gasteiger charge is -2.40. The van der Waals surface area contributed by atoms with Crippen molar-refractivity contribution in [2.24, 2.45) is 0 Å². The Morgan fingerprint density at radius 1 is 1.00 bits per heavy atom. The van der Waals surface area contributed by atoms with Crippen LogP contribution in [0.3, 0.4) is 0 Å². The molecule has 1 aliphatic rings. The van der Waals surface area contributed by atoms with E-state index < -0.39 is 22.5 Å². The van der Waals surface area contributed by atoms with Crippen LogP contribution in [0.5, 0.6) is 0 Å². The molecule has 4 rings (SSSR count). The molecule has 0 aromatic heterocycles. The predicted molar refractivity (Wildman–Crippen MR) is 126 cm³/mol. The Bertz CT molecular complexity index is 1230. The van der Waals surface area contributed by atoms with Gasteiger partial charge in [0.2, 0.25) is 0 Å². The molecule has 1 heterocycles. The van der Waals surface area contributed by atoms with E-state index in [1.165, 1.54) is 12.1 Å². The average Bonchev–Trinajstić information content (AvgIpc) is 2.78. The van der Waals surface area contributed by atoms with Crippen LogP contribution in [0.2, 0.25) is 0 Å². The van der Waals surface area contributed by atoms with Crippen LogP contribution in [0.25, 0.3) is 5.76 Å². The van der Waals surface area contributed by atoms with E-state index in [9.17, 15) is 20.0 Å². The molecule has 3 aromatic carbocycles. The molecule has 0 bridgehead atoms. The normalized spacial score (nSPS) is 15.7. The molecule has 0 aliphatic carbocycles. The SMILES string of the molecule is CC(C)(C)OC(=O)C1=C(O)c2cc([N+](=O)[O-])ccc2N(c2ccccc2)C1c1ccccc1. The zero-order chi connectivity index (χ0) is 23.8. The van der Waals surface area contributed by atoms with Crippen molar-refractivity contribution in [3.63, 3.8) is 0 Å². The summed E-state index contributed by atoms with van der Waals surface area (Å²) < 4.78 is 5.66. The van der Waals surface area contributed by atoms with Gasteiger partial charge < -0.3 is 14.7 Å². The van der Waals surface area contributed by atoms with Crippen LogP contribution < -0.4 is 4.90 Å². The molecule has 1 atom stereocenters. The van der Waals surface area contributed by atoms with Gasteiger partial charge in [0.15, 0.2) is 0 Å². The summed E-state index contributed by atoms with van der Waals surface area (Å²) >= 11 is 0. The van der Waals surface area contributed by atoms with Gasteiger partial charge in [-0.15, -0.1) is 0 Å². The second kappa shape index (κ2) is 8.43.